The molecule has 1 heterocycles. The van der Waals surface area contributed by atoms with Crippen molar-refractivity contribution in [2.75, 3.05) is 0 Å². The molecule has 1 saturated carbocycles. The number of pyridine rings is 1. The largest absolute Gasteiger partial charge is 0.489 e. The lowest BCUT2D eigenvalue weighted by molar-refractivity contribution is 0.234. The van der Waals surface area contributed by atoms with Gasteiger partial charge in [-0.1, -0.05) is 13.8 Å². The van der Waals surface area contributed by atoms with E-state index in [9.17, 15) is 0 Å². The Hall–Kier alpha value is -1.25. The first-order chi connectivity index (χ1) is 8.06. The number of aromatic nitrogens is 1. The van der Waals surface area contributed by atoms with Gasteiger partial charge in [0.2, 0.25) is 0 Å². The van der Waals surface area contributed by atoms with Crippen molar-refractivity contribution in [2.45, 2.75) is 58.7 Å². The highest BCUT2D eigenvalue weighted by molar-refractivity contribution is 5.37. The third-order valence-corrected chi connectivity index (χ3v) is 2.59. The fraction of sp³-hybridized carbons (Fsp3) is 0.643. The maximum absolute atomic E-state index is 5.81. The molecule has 0 radical (unpaired) electrons. The Bertz CT molecular complexity index is 384. The van der Waals surface area contributed by atoms with Gasteiger partial charge in [0.15, 0.2) is 0 Å². The van der Waals surface area contributed by atoms with Gasteiger partial charge in [-0.25, -0.2) is 0 Å². The Labute approximate surface area is 103 Å². The van der Waals surface area contributed by atoms with Crippen molar-refractivity contribution in [2.24, 2.45) is 0 Å². The van der Waals surface area contributed by atoms with Crippen molar-refractivity contribution >= 4 is 0 Å². The smallest absolute Gasteiger partial charge is 0.145 e. The van der Waals surface area contributed by atoms with E-state index in [-0.39, 0.29) is 6.10 Å². The van der Waals surface area contributed by atoms with Gasteiger partial charge in [0.25, 0.3) is 0 Å². The second-order valence-corrected chi connectivity index (χ2v) is 5.19. The van der Waals surface area contributed by atoms with Crippen LogP contribution in [0.1, 0.15) is 52.1 Å². The van der Waals surface area contributed by atoms with Gasteiger partial charge in [-0.05, 0) is 32.6 Å². The predicted octanol–water partition coefficient (Wildman–Crippen LogP) is 3.53. The predicted molar refractivity (Wildman–Crippen MR) is 67.7 cm³/mol. The quantitative estimate of drug-likeness (QED) is 0.782. The first kappa shape index (κ1) is 12.2. The van der Waals surface area contributed by atoms with Gasteiger partial charge in [0.05, 0.1) is 24.1 Å². The van der Waals surface area contributed by atoms with Crippen molar-refractivity contribution in [1.82, 2.24) is 4.98 Å². The normalized spacial score (nSPS) is 15.4. The summed E-state index contributed by atoms with van der Waals surface area (Å²) in [5.74, 6) is 2.04. The van der Waals surface area contributed by atoms with Gasteiger partial charge < -0.3 is 9.47 Å². The van der Waals surface area contributed by atoms with Crippen LogP contribution in [0.5, 0.6) is 11.5 Å². The van der Waals surface area contributed by atoms with Crippen LogP contribution >= 0.6 is 0 Å². The third kappa shape index (κ3) is 3.35. The van der Waals surface area contributed by atoms with Crippen molar-refractivity contribution in [3.63, 3.8) is 0 Å². The molecule has 2 rings (SSSR count). The molecule has 0 saturated heterocycles. The summed E-state index contributed by atoms with van der Waals surface area (Å²) >= 11 is 0. The molecule has 0 aromatic carbocycles. The molecular weight excluding hydrogens is 214 g/mol. The van der Waals surface area contributed by atoms with Gasteiger partial charge in [-0.2, -0.15) is 0 Å². The molecule has 1 aliphatic rings. The molecule has 3 nitrogen and oxygen atoms in total. The molecule has 3 heteroatoms. The minimum atomic E-state index is 0.158. The monoisotopic (exact) mass is 235 g/mol. The van der Waals surface area contributed by atoms with Gasteiger partial charge in [0, 0.05) is 6.07 Å². The maximum Gasteiger partial charge on any atom is 0.145 e. The van der Waals surface area contributed by atoms with Gasteiger partial charge in [0.1, 0.15) is 11.5 Å². The average Bonchev–Trinajstić information content (AvgIpc) is 3.00. The molecule has 94 valence electrons. The molecule has 0 bridgehead atoms. The molecule has 17 heavy (non-hydrogen) atoms. The summed E-state index contributed by atoms with van der Waals surface area (Å²) in [5, 5.41) is 0. The highest BCUT2D eigenvalue weighted by atomic mass is 16.5. The van der Waals surface area contributed by atoms with Crippen LogP contribution in [0.4, 0.5) is 0 Å². The minimum absolute atomic E-state index is 0.158. The lowest BCUT2D eigenvalue weighted by Crippen LogP contribution is -2.10. The van der Waals surface area contributed by atoms with E-state index in [1.54, 1.807) is 6.20 Å². The number of nitrogens with zero attached hydrogens (tertiary/aromatic N) is 1. The summed E-state index contributed by atoms with van der Waals surface area (Å²) in [6.45, 7) is 8.30. The van der Waals surface area contributed by atoms with Crippen LogP contribution in [0.3, 0.4) is 0 Å². The summed E-state index contributed by atoms with van der Waals surface area (Å²) in [4.78, 5) is 4.46. The second-order valence-electron chi connectivity index (χ2n) is 5.19. The Balaban J connectivity index is 2.20. The summed E-state index contributed by atoms with van der Waals surface area (Å²) in [7, 11) is 0. The minimum Gasteiger partial charge on any atom is -0.489 e. The van der Waals surface area contributed by atoms with E-state index in [2.05, 4.69) is 18.8 Å². The zero-order chi connectivity index (χ0) is 12.4. The highest BCUT2D eigenvalue weighted by Gasteiger charge is 2.24. The van der Waals surface area contributed by atoms with Crippen LogP contribution < -0.4 is 9.47 Å². The molecule has 0 aliphatic heterocycles. The van der Waals surface area contributed by atoms with Crippen LogP contribution in [0.15, 0.2) is 12.3 Å². The zero-order valence-corrected chi connectivity index (χ0v) is 11.1. The Morgan fingerprint density at radius 3 is 2.47 bits per heavy atom. The van der Waals surface area contributed by atoms with Crippen LogP contribution in [-0.2, 0) is 0 Å². The lowest BCUT2D eigenvalue weighted by Gasteiger charge is -2.16. The summed E-state index contributed by atoms with van der Waals surface area (Å²) in [6.07, 6.45) is 4.68. The van der Waals surface area contributed by atoms with Crippen molar-refractivity contribution < 1.29 is 9.47 Å². The van der Waals surface area contributed by atoms with E-state index in [0.29, 0.717) is 12.0 Å². The number of hydrogen-bond donors (Lipinski definition) is 0. The van der Waals surface area contributed by atoms with Crippen molar-refractivity contribution in [1.29, 1.82) is 0 Å². The van der Waals surface area contributed by atoms with Crippen molar-refractivity contribution in [3.8, 4) is 11.5 Å². The van der Waals surface area contributed by atoms with Crippen LogP contribution in [-0.4, -0.2) is 17.2 Å². The zero-order valence-electron chi connectivity index (χ0n) is 11.1. The SMILES string of the molecule is CC(C)Oc1cc(OC2CC2)cnc1C(C)C. The fourth-order valence-corrected chi connectivity index (χ4v) is 1.66. The molecule has 1 aromatic heterocycles. The van der Waals surface area contributed by atoms with Crippen LogP contribution in [0, 0.1) is 0 Å². The molecule has 1 aromatic rings. The first-order valence-corrected chi connectivity index (χ1v) is 6.39. The number of rotatable bonds is 5. The lowest BCUT2D eigenvalue weighted by atomic mass is 10.1. The molecule has 0 unspecified atom stereocenters. The molecule has 1 fully saturated rings. The summed E-state index contributed by atoms with van der Waals surface area (Å²) < 4.78 is 11.5. The topological polar surface area (TPSA) is 31.4 Å². The molecule has 0 spiro atoms. The second kappa shape index (κ2) is 4.94. The van der Waals surface area contributed by atoms with Crippen molar-refractivity contribution in [3.05, 3.63) is 18.0 Å². The van der Waals surface area contributed by atoms with Gasteiger partial charge in [-0.15, -0.1) is 0 Å². The number of ether oxygens (including phenoxy) is 2. The molecular formula is C14H21NO2. The molecule has 0 atom stereocenters. The maximum atomic E-state index is 5.81. The van der Waals surface area contributed by atoms with Gasteiger partial charge in [-0.3, -0.25) is 4.98 Å². The van der Waals surface area contributed by atoms with E-state index in [0.717, 1.165) is 30.0 Å². The average molecular weight is 235 g/mol. The van der Waals surface area contributed by atoms with E-state index in [4.69, 9.17) is 9.47 Å². The Kier molecular flexibility index (Phi) is 3.55. The Morgan fingerprint density at radius 2 is 1.94 bits per heavy atom. The summed E-state index contributed by atoms with van der Waals surface area (Å²) in [5.41, 5.74) is 1.00. The molecule has 0 amide bonds. The van der Waals surface area contributed by atoms with E-state index >= 15 is 0 Å². The first-order valence-electron chi connectivity index (χ1n) is 6.39. The standard InChI is InChI=1S/C14H21NO2/c1-9(2)14-13(16-10(3)4)7-12(8-15-14)17-11-5-6-11/h7-11H,5-6H2,1-4H3. The number of hydrogen-bond acceptors (Lipinski definition) is 3. The third-order valence-electron chi connectivity index (χ3n) is 2.59. The fourth-order valence-electron chi connectivity index (χ4n) is 1.66. The van der Waals surface area contributed by atoms with Gasteiger partial charge >= 0.3 is 0 Å². The molecule has 1 aliphatic carbocycles. The Morgan fingerprint density at radius 1 is 1.24 bits per heavy atom. The highest BCUT2D eigenvalue weighted by Crippen LogP contribution is 2.32. The van der Waals surface area contributed by atoms with E-state index in [1.807, 2.05) is 19.9 Å². The van der Waals surface area contributed by atoms with E-state index < -0.39 is 0 Å². The summed E-state index contributed by atoms with van der Waals surface area (Å²) in [6, 6.07) is 1.97. The van der Waals surface area contributed by atoms with E-state index in [1.165, 1.54) is 0 Å². The van der Waals surface area contributed by atoms with Crippen LogP contribution in [0.2, 0.25) is 0 Å². The molecule has 0 N–H and O–H groups in total. The van der Waals surface area contributed by atoms with Crippen LogP contribution in [0.25, 0.3) is 0 Å².